The zero-order chi connectivity index (χ0) is 7.72. The summed E-state index contributed by atoms with van der Waals surface area (Å²) in [5.41, 5.74) is 2.70. The Balaban J connectivity index is 2.94. The van der Waals surface area contributed by atoms with Crippen LogP contribution in [0.1, 0.15) is 27.2 Å². The number of hydrogen-bond donors (Lipinski definition) is 0. The van der Waals surface area contributed by atoms with Gasteiger partial charge < -0.3 is 0 Å². The van der Waals surface area contributed by atoms with Gasteiger partial charge in [-0.1, -0.05) is 30.2 Å². The molecule has 0 bridgehead atoms. The third kappa shape index (κ3) is 1.27. The van der Waals surface area contributed by atoms with Crippen LogP contribution in [0.4, 0.5) is 0 Å². The maximum Gasteiger partial charge on any atom is 0.0395 e. The molecule has 1 unspecified atom stereocenters. The van der Waals surface area contributed by atoms with Crippen LogP contribution in [0.15, 0.2) is 22.3 Å². The Bertz CT molecular complexity index is 199. The van der Waals surface area contributed by atoms with Gasteiger partial charge in [-0.15, -0.1) is 0 Å². The number of halogens is 1. The van der Waals surface area contributed by atoms with Crippen molar-refractivity contribution < 1.29 is 0 Å². The van der Waals surface area contributed by atoms with E-state index in [4.69, 9.17) is 11.6 Å². The summed E-state index contributed by atoms with van der Waals surface area (Å²) in [6.07, 6.45) is 3.20. The van der Waals surface area contributed by atoms with Crippen molar-refractivity contribution in [2.45, 2.75) is 27.2 Å². The Morgan fingerprint density at radius 2 is 2.10 bits per heavy atom. The van der Waals surface area contributed by atoms with Crippen molar-refractivity contribution in [3.8, 4) is 0 Å². The molecule has 1 atom stereocenters. The number of hydrogen-bond acceptors (Lipinski definition) is 0. The smallest absolute Gasteiger partial charge is 0.0395 e. The monoisotopic (exact) mass is 156 g/mol. The summed E-state index contributed by atoms with van der Waals surface area (Å²) in [5, 5.41) is 0.940. The van der Waals surface area contributed by atoms with Gasteiger partial charge in [0, 0.05) is 5.03 Å². The molecule has 0 fully saturated rings. The van der Waals surface area contributed by atoms with E-state index in [9.17, 15) is 0 Å². The van der Waals surface area contributed by atoms with Crippen molar-refractivity contribution in [2.75, 3.05) is 0 Å². The van der Waals surface area contributed by atoms with Crippen LogP contribution < -0.4 is 0 Å². The van der Waals surface area contributed by atoms with E-state index in [1.54, 1.807) is 0 Å². The molecule has 0 saturated carbocycles. The maximum absolute atomic E-state index is 5.93. The minimum atomic E-state index is 0.683. The van der Waals surface area contributed by atoms with Crippen LogP contribution in [-0.2, 0) is 0 Å². The van der Waals surface area contributed by atoms with Gasteiger partial charge in [-0.25, -0.2) is 0 Å². The zero-order valence-corrected chi connectivity index (χ0v) is 7.50. The van der Waals surface area contributed by atoms with Gasteiger partial charge in [0.2, 0.25) is 0 Å². The zero-order valence-electron chi connectivity index (χ0n) is 6.74. The summed E-state index contributed by atoms with van der Waals surface area (Å²) in [6, 6.07) is 0. The van der Waals surface area contributed by atoms with E-state index in [-0.39, 0.29) is 0 Å². The lowest BCUT2D eigenvalue weighted by Gasteiger charge is -2.18. The third-order valence-electron chi connectivity index (χ3n) is 2.34. The fourth-order valence-corrected chi connectivity index (χ4v) is 1.41. The molecule has 0 aliphatic heterocycles. The summed E-state index contributed by atoms with van der Waals surface area (Å²) in [4.78, 5) is 0. The van der Waals surface area contributed by atoms with E-state index in [1.807, 2.05) is 0 Å². The Labute approximate surface area is 67.6 Å². The quantitative estimate of drug-likeness (QED) is 0.504. The first kappa shape index (κ1) is 7.87. The number of rotatable bonds is 0. The fraction of sp³-hybridized carbons (Fsp3) is 0.556. The molecule has 0 aromatic carbocycles. The predicted molar refractivity (Wildman–Crippen MR) is 46.1 cm³/mol. The Morgan fingerprint density at radius 3 is 2.60 bits per heavy atom. The van der Waals surface area contributed by atoms with E-state index in [0.29, 0.717) is 5.92 Å². The number of allylic oxidation sites excluding steroid dienone is 4. The highest BCUT2D eigenvalue weighted by atomic mass is 35.5. The summed E-state index contributed by atoms with van der Waals surface area (Å²) in [7, 11) is 0. The first-order valence-corrected chi connectivity index (χ1v) is 4.04. The second-order valence-electron chi connectivity index (χ2n) is 3.00. The van der Waals surface area contributed by atoms with E-state index < -0.39 is 0 Å². The molecule has 0 aromatic heterocycles. The summed E-state index contributed by atoms with van der Waals surface area (Å²) in [6.45, 7) is 6.48. The largest absolute Gasteiger partial charge is 0.0844 e. The topological polar surface area (TPSA) is 0 Å². The van der Waals surface area contributed by atoms with Crippen molar-refractivity contribution in [1.82, 2.24) is 0 Å². The minimum Gasteiger partial charge on any atom is -0.0844 e. The van der Waals surface area contributed by atoms with Crippen molar-refractivity contribution in [2.24, 2.45) is 5.92 Å². The molecule has 56 valence electrons. The van der Waals surface area contributed by atoms with E-state index in [1.165, 1.54) is 11.1 Å². The van der Waals surface area contributed by atoms with Crippen LogP contribution in [-0.4, -0.2) is 0 Å². The Kier molecular flexibility index (Phi) is 2.20. The van der Waals surface area contributed by atoms with Crippen molar-refractivity contribution in [3.63, 3.8) is 0 Å². The van der Waals surface area contributed by atoms with Crippen LogP contribution in [0.3, 0.4) is 0 Å². The summed E-state index contributed by atoms with van der Waals surface area (Å²) < 4.78 is 0. The Morgan fingerprint density at radius 1 is 1.50 bits per heavy atom. The molecule has 1 aliphatic rings. The molecule has 10 heavy (non-hydrogen) atoms. The Hall–Kier alpha value is -0.230. The van der Waals surface area contributed by atoms with Gasteiger partial charge >= 0.3 is 0 Å². The lowest BCUT2D eigenvalue weighted by Crippen LogP contribution is -2.02. The van der Waals surface area contributed by atoms with Crippen LogP contribution in [0.2, 0.25) is 0 Å². The first-order valence-electron chi connectivity index (χ1n) is 3.66. The van der Waals surface area contributed by atoms with E-state index >= 15 is 0 Å². The first-order chi connectivity index (χ1) is 4.63. The molecule has 1 rings (SSSR count). The summed E-state index contributed by atoms with van der Waals surface area (Å²) in [5.74, 6) is 0.683. The molecule has 0 saturated heterocycles. The second kappa shape index (κ2) is 2.79. The van der Waals surface area contributed by atoms with Crippen LogP contribution >= 0.6 is 11.6 Å². The van der Waals surface area contributed by atoms with Gasteiger partial charge in [0.1, 0.15) is 0 Å². The molecule has 0 nitrogen and oxygen atoms in total. The molecule has 1 aliphatic carbocycles. The van der Waals surface area contributed by atoms with E-state index in [0.717, 1.165) is 11.5 Å². The van der Waals surface area contributed by atoms with Gasteiger partial charge in [0.05, 0.1) is 0 Å². The predicted octanol–water partition coefficient (Wildman–Crippen LogP) is 3.49. The van der Waals surface area contributed by atoms with Gasteiger partial charge in [-0.3, -0.25) is 0 Å². The highest BCUT2D eigenvalue weighted by Gasteiger charge is 2.12. The van der Waals surface area contributed by atoms with Crippen LogP contribution in [0, 0.1) is 5.92 Å². The standard InChI is InChI=1S/C9H13Cl/c1-6-4-5-9(10)8(3)7(6)2/h5-6H,4H2,1-3H3. The van der Waals surface area contributed by atoms with E-state index in [2.05, 4.69) is 26.8 Å². The van der Waals surface area contributed by atoms with Gasteiger partial charge in [0.25, 0.3) is 0 Å². The van der Waals surface area contributed by atoms with Crippen LogP contribution in [0.25, 0.3) is 0 Å². The van der Waals surface area contributed by atoms with Crippen molar-refractivity contribution in [3.05, 3.63) is 22.3 Å². The molecule has 0 N–H and O–H groups in total. The third-order valence-corrected chi connectivity index (χ3v) is 2.78. The highest BCUT2D eigenvalue weighted by molar-refractivity contribution is 6.32. The summed E-state index contributed by atoms with van der Waals surface area (Å²) >= 11 is 5.93. The average Bonchev–Trinajstić information content (AvgIpc) is 1.93. The van der Waals surface area contributed by atoms with Crippen LogP contribution in [0.5, 0.6) is 0 Å². The van der Waals surface area contributed by atoms with Gasteiger partial charge in [-0.2, -0.15) is 0 Å². The average molecular weight is 157 g/mol. The van der Waals surface area contributed by atoms with Gasteiger partial charge in [0.15, 0.2) is 0 Å². The lowest BCUT2D eigenvalue weighted by atomic mass is 9.90. The molecular weight excluding hydrogens is 144 g/mol. The fourth-order valence-electron chi connectivity index (χ4n) is 1.17. The molecule has 0 aromatic rings. The SMILES string of the molecule is CC1=C(C)C(C)CC=C1Cl. The molecular formula is C9H13Cl. The lowest BCUT2D eigenvalue weighted by molar-refractivity contribution is 0.676. The molecule has 0 heterocycles. The van der Waals surface area contributed by atoms with Crippen molar-refractivity contribution in [1.29, 1.82) is 0 Å². The highest BCUT2D eigenvalue weighted by Crippen LogP contribution is 2.30. The van der Waals surface area contributed by atoms with Crippen molar-refractivity contribution >= 4 is 11.6 Å². The molecule has 0 radical (unpaired) electrons. The molecule has 1 heteroatoms. The molecule has 0 amide bonds. The normalized spacial score (nSPS) is 26.8. The second-order valence-corrected chi connectivity index (χ2v) is 3.40. The molecule has 0 spiro atoms. The maximum atomic E-state index is 5.93. The minimum absolute atomic E-state index is 0.683. The van der Waals surface area contributed by atoms with Gasteiger partial charge in [-0.05, 0) is 31.8 Å².